The van der Waals surface area contributed by atoms with E-state index in [4.69, 9.17) is 16.6 Å². The summed E-state index contributed by atoms with van der Waals surface area (Å²) in [6.07, 6.45) is 0. The molecule has 0 spiro atoms. The van der Waals surface area contributed by atoms with Gasteiger partial charge in [-0.3, -0.25) is 0 Å². The third-order valence-corrected chi connectivity index (χ3v) is 2.62. The minimum Gasteiger partial charge on any atom is -0.478 e. The van der Waals surface area contributed by atoms with Gasteiger partial charge in [-0.2, -0.15) is 0 Å². The summed E-state index contributed by atoms with van der Waals surface area (Å²) >= 11 is 1.97. The van der Waals surface area contributed by atoms with Gasteiger partial charge in [-0.05, 0) is 34.7 Å². The number of carboxylic acid groups (broad SMARTS) is 1. The molecule has 0 amide bonds. The molecule has 0 aliphatic carbocycles. The molecule has 64 valence electrons. The predicted octanol–water partition coefficient (Wildman–Crippen LogP) is 1.15. The van der Waals surface area contributed by atoms with Crippen molar-refractivity contribution in [2.45, 2.75) is 0 Å². The third kappa shape index (κ3) is 1.60. The number of benzene rings is 1. The van der Waals surface area contributed by atoms with Crippen molar-refractivity contribution in [3.8, 4) is 0 Å². The molecule has 0 saturated heterocycles. The van der Waals surface area contributed by atoms with Gasteiger partial charge in [0, 0.05) is 11.4 Å². The largest absolute Gasteiger partial charge is 0.478 e. The van der Waals surface area contributed by atoms with E-state index in [0.717, 1.165) is 0 Å². The Labute approximate surface area is 82.7 Å². The van der Waals surface area contributed by atoms with E-state index >= 15 is 0 Å². The molecule has 0 heterocycles. The minimum atomic E-state index is -1.02. The maximum Gasteiger partial charge on any atom is 0.335 e. The molecule has 0 radical (unpaired) electrons. The van der Waals surface area contributed by atoms with Crippen LogP contribution in [0.15, 0.2) is 12.1 Å². The van der Waals surface area contributed by atoms with Crippen LogP contribution in [0.3, 0.4) is 0 Å². The number of hydrogen-bond acceptors (Lipinski definition) is 3. The van der Waals surface area contributed by atoms with Gasteiger partial charge in [-0.1, -0.05) is 0 Å². The molecule has 4 nitrogen and oxygen atoms in total. The molecule has 1 aromatic carbocycles. The number of carboxylic acids is 1. The molecular formula is C7H7IN2O2. The molecule has 1 rings (SSSR count). The molecule has 0 fully saturated rings. The first-order valence-electron chi connectivity index (χ1n) is 3.10. The van der Waals surface area contributed by atoms with E-state index < -0.39 is 5.97 Å². The normalized spacial score (nSPS) is 9.75. The van der Waals surface area contributed by atoms with E-state index in [0.29, 0.717) is 14.9 Å². The van der Waals surface area contributed by atoms with Crippen LogP contribution in [0.1, 0.15) is 10.4 Å². The van der Waals surface area contributed by atoms with Crippen LogP contribution in [0.5, 0.6) is 0 Å². The summed E-state index contributed by atoms with van der Waals surface area (Å²) in [7, 11) is 0. The molecule has 5 N–H and O–H groups in total. The lowest BCUT2D eigenvalue weighted by molar-refractivity contribution is 0.0697. The summed E-state index contributed by atoms with van der Waals surface area (Å²) in [5.74, 6) is -1.02. The number of nitrogen functional groups attached to an aromatic ring is 2. The topological polar surface area (TPSA) is 89.3 Å². The van der Waals surface area contributed by atoms with Crippen LogP contribution in [-0.2, 0) is 0 Å². The van der Waals surface area contributed by atoms with E-state index in [1.807, 2.05) is 22.6 Å². The Bertz CT molecular complexity index is 315. The average Bonchev–Trinajstić information content (AvgIpc) is 1.99. The summed E-state index contributed by atoms with van der Waals surface area (Å²) < 4.78 is 0.692. The zero-order valence-electron chi connectivity index (χ0n) is 6.04. The Morgan fingerprint density at radius 3 is 2.08 bits per heavy atom. The fourth-order valence-corrected chi connectivity index (χ4v) is 1.11. The van der Waals surface area contributed by atoms with Gasteiger partial charge in [0.1, 0.15) is 0 Å². The maximum absolute atomic E-state index is 10.5. The minimum absolute atomic E-state index is 0.116. The fraction of sp³-hybridized carbons (Fsp3) is 0. The Kier molecular flexibility index (Phi) is 2.41. The summed E-state index contributed by atoms with van der Waals surface area (Å²) in [6, 6.07) is 2.78. The smallest absolute Gasteiger partial charge is 0.335 e. The van der Waals surface area contributed by atoms with Crippen LogP contribution in [0.2, 0.25) is 0 Å². The van der Waals surface area contributed by atoms with Gasteiger partial charge in [0.15, 0.2) is 0 Å². The lowest BCUT2D eigenvalue weighted by Gasteiger charge is -2.03. The molecule has 0 saturated carbocycles. The van der Waals surface area contributed by atoms with Crippen molar-refractivity contribution in [3.05, 3.63) is 21.3 Å². The van der Waals surface area contributed by atoms with Crippen molar-refractivity contribution in [1.82, 2.24) is 0 Å². The monoisotopic (exact) mass is 278 g/mol. The van der Waals surface area contributed by atoms with Crippen molar-refractivity contribution in [3.63, 3.8) is 0 Å². The van der Waals surface area contributed by atoms with Crippen molar-refractivity contribution >= 4 is 39.9 Å². The fourth-order valence-electron chi connectivity index (χ4n) is 0.794. The van der Waals surface area contributed by atoms with Crippen LogP contribution < -0.4 is 11.5 Å². The van der Waals surface area contributed by atoms with Crippen molar-refractivity contribution < 1.29 is 9.90 Å². The van der Waals surface area contributed by atoms with Gasteiger partial charge in [-0.15, -0.1) is 0 Å². The molecule has 0 aromatic heterocycles. The second-order valence-electron chi connectivity index (χ2n) is 2.27. The standard InChI is InChI=1S/C7H7IN2O2/c8-6-4(9)1-3(7(11)12)2-5(6)10/h1-2H,9-10H2,(H,11,12). The molecule has 12 heavy (non-hydrogen) atoms. The van der Waals surface area contributed by atoms with Crippen LogP contribution >= 0.6 is 22.6 Å². The first kappa shape index (κ1) is 9.11. The van der Waals surface area contributed by atoms with E-state index in [1.54, 1.807) is 0 Å². The third-order valence-electron chi connectivity index (χ3n) is 1.38. The summed E-state index contributed by atoms with van der Waals surface area (Å²) in [5.41, 5.74) is 11.9. The summed E-state index contributed by atoms with van der Waals surface area (Å²) in [4.78, 5) is 10.5. The van der Waals surface area contributed by atoms with E-state index in [1.165, 1.54) is 12.1 Å². The first-order chi connectivity index (χ1) is 5.52. The van der Waals surface area contributed by atoms with Gasteiger partial charge in [-0.25, -0.2) is 4.79 Å². The lowest BCUT2D eigenvalue weighted by Crippen LogP contribution is -2.02. The molecule has 0 unspecified atom stereocenters. The van der Waals surface area contributed by atoms with Crippen LogP contribution in [0, 0.1) is 3.57 Å². The summed E-state index contributed by atoms with van der Waals surface area (Å²) in [5, 5.41) is 8.61. The van der Waals surface area contributed by atoms with Gasteiger partial charge >= 0.3 is 5.97 Å². The predicted molar refractivity (Wildman–Crippen MR) is 54.9 cm³/mol. The number of halogens is 1. The number of nitrogens with two attached hydrogens (primary N) is 2. The molecule has 0 aliphatic heterocycles. The highest BCUT2D eigenvalue weighted by Gasteiger charge is 2.07. The molecule has 0 bridgehead atoms. The Hall–Kier alpha value is -0.980. The van der Waals surface area contributed by atoms with Gasteiger partial charge in [0.05, 0.1) is 9.13 Å². The van der Waals surface area contributed by atoms with Crippen molar-refractivity contribution in [1.29, 1.82) is 0 Å². The first-order valence-corrected chi connectivity index (χ1v) is 4.18. The highest BCUT2D eigenvalue weighted by molar-refractivity contribution is 14.1. The quantitative estimate of drug-likeness (QED) is 0.531. The van der Waals surface area contributed by atoms with Crippen LogP contribution in [0.25, 0.3) is 0 Å². The Morgan fingerprint density at radius 1 is 1.33 bits per heavy atom. The van der Waals surface area contributed by atoms with E-state index in [2.05, 4.69) is 0 Å². The van der Waals surface area contributed by atoms with Gasteiger partial charge in [0.2, 0.25) is 0 Å². The number of carbonyl (C=O) groups is 1. The molecule has 1 aromatic rings. The van der Waals surface area contributed by atoms with E-state index in [-0.39, 0.29) is 5.56 Å². The van der Waals surface area contributed by atoms with Crippen LogP contribution in [0.4, 0.5) is 11.4 Å². The van der Waals surface area contributed by atoms with Gasteiger partial charge < -0.3 is 16.6 Å². The molecule has 0 atom stereocenters. The Morgan fingerprint density at radius 2 is 1.75 bits per heavy atom. The van der Waals surface area contributed by atoms with Gasteiger partial charge in [0.25, 0.3) is 0 Å². The highest BCUT2D eigenvalue weighted by atomic mass is 127. The highest BCUT2D eigenvalue weighted by Crippen LogP contribution is 2.23. The summed E-state index contributed by atoms with van der Waals surface area (Å²) in [6.45, 7) is 0. The maximum atomic E-state index is 10.5. The molecule has 5 heteroatoms. The Balaban J connectivity index is 3.31. The second-order valence-corrected chi connectivity index (χ2v) is 3.35. The zero-order valence-corrected chi connectivity index (χ0v) is 8.20. The molecule has 0 aliphatic rings. The number of aromatic carboxylic acids is 1. The second kappa shape index (κ2) is 3.18. The van der Waals surface area contributed by atoms with E-state index in [9.17, 15) is 4.79 Å². The number of rotatable bonds is 1. The number of hydrogen-bond donors (Lipinski definition) is 3. The number of anilines is 2. The van der Waals surface area contributed by atoms with Crippen molar-refractivity contribution in [2.75, 3.05) is 11.5 Å². The van der Waals surface area contributed by atoms with Crippen LogP contribution in [-0.4, -0.2) is 11.1 Å². The molecular weight excluding hydrogens is 271 g/mol. The average molecular weight is 278 g/mol. The zero-order chi connectivity index (χ0) is 9.30. The van der Waals surface area contributed by atoms with Crippen molar-refractivity contribution in [2.24, 2.45) is 0 Å². The lowest BCUT2D eigenvalue weighted by atomic mass is 10.2. The SMILES string of the molecule is Nc1cc(C(=O)O)cc(N)c1I.